The number of benzene rings is 4. The maximum atomic E-state index is 13.1. The highest BCUT2D eigenvalue weighted by molar-refractivity contribution is 7.92. The molecular weight excluding hydrogens is 505 g/mol. The van der Waals surface area contributed by atoms with Gasteiger partial charge in [0.15, 0.2) is 0 Å². The van der Waals surface area contributed by atoms with Crippen molar-refractivity contribution in [2.24, 2.45) is 0 Å². The molecule has 0 spiro atoms. The minimum atomic E-state index is -4.04. The van der Waals surface area contributed by atoms with Crippen molar-refractivity contribution in [2.75, 3.05) is 22.5 Å². The van der Waals surface area contributed by atoms with E-state index in [1.807, 2.05) is 24.3 Å². The summed E-state index contributed by atoms with van der Waals surface area (Å²) in [6, 6.07) is 23.1. The zero-order valence-corrected chi connectivity index (χ0v) is 20.5. The minimum Gasteiger partial charge on any atom is -0.497 e. The van der Waals surface area contributed by atoms with E-state index < -0.39 is 21.7 Å². The minimum absolute atomic E-state index is 0.0147. The Morgan fingerprint density at radius 2 is 1.36 bits per heavy atom. The standard InChI is InChI=1S/C26H21ClFN3O4S/c1-35-22-12-10-19(11-13-22)29-18-6-8-20(9-7-18)30-26(32)24-16-23(14-15-25(24)27)36(33,34)31-21-4-2-17(28)3-5-21/h2-16,29,31H,1H3,(H,30,32). The van der Waals surface area contributed by atoms with Crippen LogP contribution < -0.4 is 20.1 Å². The summed E-state index contributed by atoms with van der Waals surface area (Å²) in [5, 5.41) is 6.04. The maximum Gasteiger partial charge on any atom is 0.261 e. The molecule has 0 saturated carbocycles. The molecule has 0 heterocycles. The molecule has 4 aromatic carbocycles. The van der Waals surface area contributed by atoms with Crippen molar-refractivity contribution in [3.05, 3.63) is 107 Å². The van der Waals surface area contributed by atoms with E-state index in [0.29, 0.717) is 5.69 Å². The average Bonchev–Trinajstić information content (AvgIpc) is 2.87. The second-order valence-electron chi connectivity index (χ2n) is 7.64. The van der Waals surface area contributed by atoms with Crippen LogP contribution in [-0.2, 0) is 10.0 Å². The van der Waals surface area contributed by atoms with Crippen LogP contribution in [0.5, 0.6) is 5.75 Å². The van der Waals surface area contributed by atoms with Gasteiger partial charge in [-0.25, -0.2) is 12.8 Å². The van der Waals surface area contributed by atoms with E-state index in [0.717, 1.165) is 29.3 Å². The third kappa shape index (κ3) is 6.12. The number of amides is 1. The van der Waals surface area contributed by atoms with Crippen molar-refractivity contribution in [3.63, 3.8) is 0 Å². The number of anilines is 4. The molecule has 7 nitrogen and oxygen atoms in total. The Morgan fingerprint density at radius 3 is 1.97 bits per heavy atom. The maximum absolute atomic E-state index is 13.1. The molecule has 0 aliphatic rings. The number of methoxy groups -OCH3 is 1. The van der Waals surface area contributed by atoms with Gasteiger partial charge in [-0.2, -0.15) is 0 Å². The Kier molecular flexibility index (Phi) is 7.42. The van der Waals surface area contributed by atoms with Gasteiger partial charge in [0.25, 0.3) is 15.9 Å². The van der Waals surface area contributed by atoms with Gasteiger partial charge >= 0.3 is 0 Å². The number of nitrogens with one attached hydrogen (secondary N) is 3. The molecule has 0 aromatic heterocycles. The van der Waals surface area contributed by atoms with E-state index in [9.17, 15) is 17.6 Å². The first-order valence-electron chi connectivity index (χ1n) is 10.6. The van der Waals surface area contributed by atoms with Gasteiger partial charge in [-0.1, -0.05) is 11.6 Å². The Bertz CT molecular complexity index is 1480. The molecule has 184 valence electrons. The molecule has 0 aliphatic carbocycles. The number of carbonyl (C=O) groups excluding carboxylic acids is 1. The molecule has 36 heavy (non-hydrogen) atoms. The number of halogens is 2. The van der Waals surface area contributed by atoms with Crippen LogP contribution in [0.15, 0.2) is 95.9 Å². The molecule has 10 heteroatoms. The van der Waals surface area contributed by atoms with E-state index in [1.54, 1.807) is 31.4 Å². The molecule has 3 N–H and O–H groups in total. The van der Waals surface area contributed by atoms with Gasteiger partial charge in [0.2, 0.25) is 0 Å². The molecule has 1 amide bonds. The van der Waals surface area contributed by atoms with Gasteiger partial charge in [0.1, 0.15) is 11.6 Å². The smallest absolute Gasteiger partial charge is 0.261 e. The lowest BCUT2D eigenvalue weighted by Gasteiger charge is -2.12. The predicted octanol–water partition coefficient (Wildman–Crippen LogP) is 6.28. The van der Waals surface area contributed by atoms with Crippen LogP contribution in [0.3, 0.4) is 0 Å². The number of carbonyl (C=O) groups is 1. The Morgan fingerprint density at radius 1 is 0.806 bits per heavy atom. The van der Waals surface area contributed by atoms with E-state index in [-0.39, 0.29) is 21.2 Å². The van der Waals surface area contributed by atoms with Crippen LogP contribution in [0, 0.1) is 5.82 Å². The molecule has 0 radical (unpaired) electrons. The zero-order chi connectivity index (χ0) is 25.7. The lowest BCUT2D eigenvalue weighted by atomic mass is 10.2. The summed E-state index contributed by atoms with van der Waals surface area (Å²) in [6.07, 6.45) is 0. The first kappa shape index (κ1) is 25.0. The van der Waals surface area contributed by atoms with E-state index in [2.05, 4.69) is 15.4 Å². The molecule has 0 unspecified atom stereocenters. The summed E-state index contributed by atoms with van der Waals surface area (Å²) < 4.78 is 46.1. The fraction of sp³-hybridized carbons (Fsp3) is 0.0385. The van der Waals surface area contributed by atoms with Crippen LogP contribution >= 0.6 is 11.6 Å². The van der Waals surface area contributed by atoms with Gasteiger partial charge in [0, 0.05) is 22.7 Å². The summed E-state index contributed by atoms with van der Waals surface area (Å²) in [5.41, 5.74) is 2.33. The first-order valence-corrected chi connectivity index (χ1v) is 12.5. The molecule has 0 bridgehead atoms. The van der Waals surface area contributed by atoms with Crippen molar-refractivity contribution >= 4 is 50.3 Å². The van der Waals surface area contributed by atoms with Crippen molar-refractivity contribution in [1.82, 2.24) is 0 Å². The summed E-state index contributed by atoms with van der Waals surface area (Å²) in [6.45, 7) is 0. The van der Waals surface area contributed by atoms with Crippen LogP contribution in [0.25, 0.3) is 0 Å². The van der Waals surface area contributed by atoms with Gasteiger partial charge in [-0.05, 0) is 91.0 Å². The molecule has 0 atom stereocenters. The van der Waals surface area contributed by atoms with Crippen molar-refractivity contribution in [3.8, 4) is 5.75 Å². The zero-order valence-electron chi connectivity index (χ0n) is 19.0. The number of hydrogen-bond acceptors (Lipinski definition) is 5. The second-order valence-corrected chi connectivity index (χ2v) is 9.73. The highest BCUT2D eigenvalue weighted by Gasteiger charge is 2.19. The highest BCUT2D eigenvalue weighted by atomic mass is 35.5. The lowest BCUT2D eigenvalue weighted by Crippen LogP contribution is -2.16. The quantitative estimate of drug-likeness (QED) is 0.251. The molecule has 4 rings (SSSR count). The number of sulfonamides is 1. The fourth-order valence-corrected chi connectivity index (χ4v) is 4.54. The van der Waals surface area contributed by atoms with Crippen molar-refractivity contribution in [1.29, 1.82) is 0 Å². The number of ether oxygens (including phenoxy) is 1. The summed E-state index contributed by atoms with van der Waals surface area (Å²) in [4.78, 5) is 12.7. The largest absolute Gasteiger partial charge is 0.497 e. The Labute approximate surface area is 212 Å². The third-order valence-corrected chi connectivity index (χ3v) is 6.82. The highest BCUT2D eigenvalue weighted by Crippen LogP contribution is 2.25. The molecule has 0 saturated heterocycles. The van der Waals surface area contributed by atoms with E-state index in [4.69, 9.17) is 16.3 Å². The van der Waals surface area contributed by atoms with Crippen LogP contribution in [0.4, 0.5) is 27.1 Å². The van der Waals surface area contributed by atoms with Crippen LogP contribution in [0.1, 0.15) is 10.4 Å². The number of rotatable bonds is 8. The van der Waals surface area contributed by atoms with E-state index >= 15 is 0 Å². The molecular formula is C26H21ClFN3O4S. The Balaban J connectivity index is 1.46. The second kappa shape index (κ2) is 10.7. The molecule has 0 aliphatic heterocycles. The SMILES string of the molecule is COc1ccc(Nc2ccc(NC(=O)c3cc(S(=O)(=O)Nc4ccc(F)cc4)ccc3Cl)cc2)cc1. The molecule has 0 fully saturated rings. The lowest BCUT2D eigenvalue weighted by molar-refractivity contribution is 0.102. The van der Waals surface area contributed by atoms with Crippen LogP contribution in [-0.4, -0.2) is 21.4 Å². The topological polar surface area (TPSA) is 96.5 Å². The summed E-state index contributed by atoms with van der Waals surface area (Å²) in [7, 11) is -2.44. The predicted molar refractivity (Wildman–Crippen MR) is 139 cm³/mol. The van der Waals surface area contributed by atoms with Crippen LogP contribution in [0.2, 0.25) is 5.02 Å². The van der Waals surface area contributed by atoms with Gasteiger partial charge in [-0.3, -0.25) is 9.52 Å². The fourth-order valence-electron chi connectivity index (χ4n) is 3.25. The summed E-state index contributed by atoms with van der Waals surface area (Å²) >= 11 is 6.19. The van der Waals surface area contributed by atoms with Crippen molar-refractivity contribution < 1.29 is 22.3 Å². The van der Waals surface area contributed by atoms with Crippen molar-refractivity contribution in [2.45, 2.75) is 4.90 Å². The third-order valence-electron chi connectivity index (χ3n) is 5.11. The Hall–Kier alpha value is -4.08. The number of hydrogen-bond donors (Lipinski definition) is 3. The average molecular weight is 526 g/mol. The summed E-state index contributed by atoms with van der Waals surface area (Å²) in [5.74, 6) is -0.317. The van der Waals surface area contributed by atoms with Gasteiger partial charge < -0.3 is 15.4 Å². The van der Waals surface area contributed by atoms with Gasteiger partial charge in [0.05, 0.1) is 22.6 Å². The van der Waals surface area contributed by atoms with E-state index in [1.165, 1.54) is 30.3 Å². The van der Waals surface area contributed by atoms with Gasteiger partial charge in [-0.15, -0.1) is 0 Å². The monoisotopic (exact) mass is 525 g/mol. The molecule has 4 aromatic rings. The normalized spacial score (nSPS) is 11.0. The first-order chi connectivity index (χ1) is 17.2.